The number of halogens is 4. The summed E-state index contributed by atoms with van der Waals surface area (Å²) >= 11 is 5.79. The van der Waals surface area contributed by atoms with Crippen molar-refractivity contribution in [3.05, 3.63) is 81.9 Å². The van der Waals surface area contributed by atoms with Crippen molar-refractivity contribution in [2.45, 2.75) is 70.7 Å². The zero-order valence-electron chi connectivity index (χ0n) is 25.0. The summed E-state index contributed by atoms with van der Waals surface area (Å²) in [5, 5.41) is 18.5. The number of benzene rings is 2. The van der Waals surface area contributed by atoms with Crippen LogP contribution < -0.4 is 9.47 Å². The molecule has 242 valence electrons. The molecule has 2 aromatic carbocycles. The fraction of sp³-hybridized carbons (Fsp3) is 0.394. The van der Waals surface area contributed by atoms with Gasteiger partial charge in [0.05, 0.1) is 23.7 Å². The lowest BCUT2D eigenvalue weighted by Crippen LogP contribution is -2.38. The Labute approximate surface area is 269 Å². The number of nitrogens with zero attached hydrogens (tertiary/aromatic N) is 5. The van der Waals surface area contributed by atoms with E-state index in [9.17, 15) is 23.1 Å². The summed E-state index contributed by atoms with van der Waals surface area (Å²) in [6, 6.07) is 11.3. The molecule has 0 atom stereocenters. The van der Waals surface area contributed by atoms with Crippen molar-refractivity contribution in [3.63, 3.8) is 0 Å². The van der Waals surface area contributed by atoms with Gasteiger partial charge in [0.1, 0.15) is 29.9 Å². The fourth-order valence-electron chi connectivity index (χ4n) is 5.46. The lowest BCUT2D eigenvalue weighted by atomic mass is 10.1. The zero-order chi connectivity index (χ0) is 32.6. The van der Waals surface area contributed by atoms with Crippen LogP contribution in [0.15, 0.2) is 42.5 Å². The molecule has 5 rings (SSSR count). The van der Waals surface area contributed by atoms with Gasteiger partial charge >= 0.3 is 5.97 Å². The van der Waals surface area contributed by atoms with E-state index in [1.54, 1.807) is 0 Å². The van der Waals surface area contributed by atoms with Crippen molar-refractivity contribution in [2.75, 3.05) is 13.1 Å². The van der Waals surface area contributed by atoms with Crippen LogP contribution in [0.4, 0.5) is 13.2 Å². The summed E-state index contributed by atoms with van der Waals surface area (Å²) in [5.74, 6) is -2.62. The minimum absolute atomic E-state index is 0.134. The van der Waals surface area contributed by atoms with Gasteiger partial charge in [0.25, 0.3) is 5.88 Å². The highest BCUT2D eigenvalue weighted by molar-refractivity contribution is 6.30. The molecule has 9 nitrogen and oxygen atoms in total. The number of aryl methyl sites for hydroxylation is 1. The number of carboxylic acid groups (broad SMARTS) is 1. The molecule has 0 aliphatic carbocycles. The third-order valence-electron chi connectivity index (χ3n) is 7.91. The Morgan fingerprint density at radius 3 is 2.52 bits per heavy atom. The van der Waals surface area contributed by atoms with Crippen LogP contribution in [0.5, 0.6) is 11.8 Å². The number of aromatic nitrogens is 3. The lowest BCUT2D eigenvalue weighted by Gasteiger charge is -2.31. The van der Waals surface area contributed by atoms with Crippen molar-refractivity contribution in [3.8, 4) is 17.8 Å². The topological polar surface area (TPSA) is 114 Å². The first-order valence-corrected chi connectivity index (χ1v) is 15.5. The molecule has 0 unspecified atom stereocenters. The fourth-order valence-corrected chi connectivity index (χ4v) is 5.62. The monoisotopic (exact) mass is 655 g/mol. The van der Waals surface area contributed by atoms with Gasteiger partial charge in [-0.3, -0.25) is 4.90 Å². The van der Waals surface area contributed by atoms with E-state index < -0.39 is 23.4 Å². The SMILES string of the molecule is N#CCCCCCCn1c(CN2CCC(Oc3ccc(F)c(OCc4ccc(Cl)cc4F)n3)CC2)nc2c(F)cc(C(=O)O)cc21. The molecule has 1 aliphatic heterocycles. The predicted octanol–water partition coefficient (Wildman–Crippen LogP) is 7.30. The minimum atomic E-state index is -1.21. The Morgan fingerprint density at radius 2 is 1.78 bits per heavy atom. The number of piperidine rings is 1. The molecular weight excluding hydrogens is 623 g/mol. The third kappa shape index (κ3) is 8.27. The number of ether oxygens (including phenoxy) is 2. The number of rotatable bonds is 14. The molecule has 1 aliphatic rings. The summed E-state index contributed by atoms with van der Waals surface area (Å²) in [7, 11) is 0. The zero-order valence-corrected chi connectivity index (χ0v) is 25.8. The van der Waals surface area contributed by atoms with E-state index in [1.807, 2.05) is 4.57 Å². The lowest BCUT2D eigenvalue weighted by molar-refractivity contribution is 0.0696. The molecule has 0 radical (unpaired) electrons. The number of carboxylic acids is 1. The molecule has 0 bridgehead atoms. The van der Waals surface area contributed by atoms with Gasteiger partial charge in [-0.05, 0) is 56.0 Å². The number of aromatic carboxylic acids is 1. The van der Waals surface area contributed by atoms with Crippen LogP contribution in [0.25, 0.3) is 11.0 Å². The van der Waals surface area contributed by atoms with Gasteiger partial charge in [0.2, 0.25) is 5.88 Å². The maximum atomic E-state index is 14.9. The second-order valence-corrected chi connectivity index (χ2v) is 11.6. The standard InChI is InChI=1S/C33H33ClF3N5O4/c34-23-7-6-21(26(36)18-23)20-45-32-25(35)8-9-30(40-32)46-24-10-14-41(15-11-24)19-29-39-31-27(37)16-22(33(43)44)17-28(31)42(29)13-5-3-1-2-4-12-38/h6-9,16-18,24H,1-5,10-11,13-15,19-20H2,(H,43,44). The number of hydrogen-bond donors (Lipinski definition) is 1. The quantitative estimate of drug-likeness (QED) is 0.141. The number of imidazole rings is 1. The summed E-state index contributed by atoms with van der Waals surface area (Å²) in [5.41, 5.74) is 0.659. The van der Waals surface area contributed by atoms with Crippen molar-refractivity contribution >= 4 is 28.6 Å². The number of likely N-dealkylation sites (tertiary alicyclic amines) is 1. The van der Waals surface area contributed by atoms with Crippen LogP contribution in [0, 0.1) is 28.8 Å². The summed E-state index contributed by atoms with van der Waals surface area (Å²) in [4.78, 5) is 22.5. The van der Waals surface area contributed by atoms with Crippen LogP contribution >= 0.6 is 11.6 Å². The Bertz CT molecular complexity index is 1740. The van der Waals surface area contributed by atoms with E-state index in [-0.39, 0.29) is 46.1 Å². The Hall–Kier alpha value is -4.34. The van der Waals surface area contributed by atoms with Gasteiger partial charge in [-0.15, -0.1) is 0 Å². The number of carbonyl (C=O) groups is 1. The van der Waals surface area contributed by atoms with Gasteiger partial charge in [-0.2, -0.15) is 10.2 Å². The Morgan fingerprint density at radius 1 is 1.00 bits per heavy atom. The van der Waals surface area contributed by atoms with Crippen molar-refractivity contribution in [2.24, 2.45) is 0 Å². The molecule has 2 aromatic heterocycles. The Balaban J connectivity index is 1.21. The molecule has 0 saturated carbocycles. The molecule has 13 heteroatoms. The van der Waals surface area contributed by atoms with Crippen LogP contribution in [0.2, 0.25) is 5.02 Å². The van der Waals surface area contributed by atoms with Crippen LogP contribution in [0.3, 0.4) is 0 Å². The molecule has 0 amide bonds. The smallest absolute Gasteiger partial charge is 0.335 e. The van der Waals surface area contributed by atoms with E-state index in [4.69, 9.17) is 26.3 Å². The molecule has 1 saturated heterocycles. The summed E-state index contributed by atoms with van der Waals surface area (Å²) < 4.78 is 56.8. The predicted molar refractivity (Wildman–Crippen MR) is 164 cm³/mol. The summed E-state index contributed by atoms with van der Waals surface area (Å²) in [6.45, 7) is 2.04. The first kappa shape index (κ1) is 33.0. The highest BCUT2D eigenvalue weighted by Crippen LogP contribution is 2.27. The second kappa shape index (κ2) is 15.3. The molecule has 46 heavy (non-hydrogen) atoms. The van der Waals surface area contributed by atoms with Gasteiger partial charge in [0.15, 0.2) is 11.6 Å². The second-order valence-electron chi connectivity index (χ2n) is 11.2. The van der Waals surface area contributed by atoms with E-state index in [1.165, 1.54) is 30.3 Å². The Kier molecular flexibility index (Phi) is 11.0. The van der Waals surface area contributed by atoms with Gasteiger partial charge in [0, 0.05) is 42.7 Å². The number of unbranched alkanes of at least 4 members (excludes halogenated alkanes) is 4. The summed E-state index contributed by atoms with van der Waals surface area (Å²) in [6.07, 6.45) is 4.96. The van der Waals surface area contributed by atoms with Gasteiger partial charge in [-0.25, -0.2) is 22.9 Å². The van der Waals surface area contributed by atoms with Crippen molar-refractivity contribution in [1.29, 1.82) is 5.26 Å². The maximum absolute atomic E-state index is 14.9. The average Bonchev–Trinajstić information content (AvgIpc) is 3.38. The van der Waals surface area contributed by atoms with Crippen molar-refractivity contribution in [1.82, 2.24) is 19.4 Å². The number of pyridine rings is 1. The van der Waals surface area contributed by atoms with E-state index in [2.05, 4.69) is 20.9 Å². The van der Waals surface area contributed by atoms with Crippen LogP contribution in [-0.2, 0) is 19.7 Å². The number of fused-ring (bicyclic) bond motifs is 1. The highest BCUT2D eigenvalue weighted by Gasteiger charge is 2.25. The van der Waals surface area contributed by atoms with E-state index in [0.717, 1.165) is 37.8 Å². The van der Waals surface area contributed by atoms with E-state index >= 15 is 0 Å². The third-order valence-corrected chi connectivity index (χ3v) is 8.14. The molecule has 1 N–H and O–H groups in total. The maximum Gasteiger partial charge on any atom is 0.335 e. The highest BCUT2D eigenvalue weighted by atomic mass is 35.5. The average molecular weight is 656 g/mol. The largest absolute Gasteiger partial charge is 0.478 e. The molecule has 1 fully saturated rings. The van der Waals surface area contributed by atoms with Crippen molar-refractivity contribution < 1.29 is 32.5 Å². The first-order chi connectivity index (χ1) is 22.2. The van der Waals surface area contributed by atoms with Crippen LogP contribution in [-0.4, -0.2) is 49.7 Å². The van der Waals surface area contributed by atoms with E-state index in [0.29, 0.717) is 56.8 Å². The molecule has 3 heterocycles. The van der Waals surface area contributed by atoms with Crippen LogP contribution in [0.1, 0.15) is 66.7 Å². The molecule has 0 spiro atoms. The number of nitriles is 1. The first-order valence-electron chi connectivity index (χ1n) is 15.1. The normalized spacial score (nSPS) is 14.0. The van der Waals surface area contributed by atoms with Gasteiger partial charge < -0.3 is 19.1 Å². The molecule has 4 aromatic rings. The van der Waals surface area contributed by atoms with Gasteiger partial charge in [-0.1, -0.05) is 30.5 Å². The number of hydrogen-bond acceptors (Lipinski definition) is 7. The minimum Gasteiger partial charge on any atom is -0.478 e. The molecular formula is C33H33ClF3N5O4.